The third-order valence-electron chi connectivity index (χ3n) is 3.60. The Morgan fingerprint density at radius 2 is 1.74 bits per heavy atom. The highest BCUT2D eigenvalue weighted by Gasteiger charge is 2.33. The van der Waals surface area contributed by atoms with Crippen molar-refractivity contribution in [1.82, 2.24) is 4.98 Å². The van der Waals surface area contributed by atoms with Gasteiger partial charge in [0, 0.05) is 11.9 Å². The van der Waals surface area contributed by atoms with Gasteiger partial charge in [-0.05, 0) is 42.5 Å². The van der Waals surface area contributed by atoms with Gasteiger partial charge in [0.15, 0.2) is 0 Å². The van der Waals surface area contributed by atoms with Crippen molar-refractivity contribution in [2.24, 2.45) is 0 Å². The number of pyridine rings is 1. The molecule has 0 aliphatic carbocycles. The number of carbonyl (C=O) groups excluding carboxylic acids is 1. The van der Waals surface area contributed by atoms with Crippen LogP contribution in [0.2, 0.25) is 0 Å². The average Bonchev–Trinajstić information content (AvgIpc) is 2.62. The van der Waals surface area contributed by atoms with E-state index in [9.17, 15) is 22.4 Å². The zero-order valence-electron chi connectivity index (χ0n) is 13.7. The van der Waals surface area contributed by atoms with Gasteiger partial charge in [-0.3, -0.25) is 4.79 Å². The third-order valence-corrected chi connectivity index (χ3v) is 3.60. The van der Waals surface area contributed by atoms with Crippen LogP contribution < -0.4 is 10.6 Å². The predicted molar refractivity (Wildman–Crippen MR) is 93.3 cm³/mol. The Morgan fingerprint density at radius 1 is 0.963 bits per heavy atom. The Kier molecular flexibility index (Phi) is 5.07. The van der Waals surface area contributed by atoms with Gasteiger partial charge < -0.3 is 10.6 Å². The van der Waals surface area contributed by atoms with E-state index in [-0.39, 0.29) is 11.3 Å². The highest BCUT2D eigenvalue weighted by atomic mass is 19.4. The van der Waals surface area contributed by atoms with Crippen LogP contribution in [-0.2, 0) is 6.18 Å². The Morgan fingerprint density at radius 3 is 2.41 bits per heavy atom. The number of carbonyl (C=O) groups is 1. The van der Waals surface area contributed by atoms with Gasteiger partial charge in [-0.15, -0.1) is 0 Å². The molecule has 4 nitrogen and oxygen atoms in total. The zero-order valence-corrected chi connectivity index (χ0v) is 13.7. The largest absolute Gasteiger partial charge is 0.418 e. The number of nitrogens with zero attached hydrogens (tertiary/aromatic N) is 1. The van der Waals surface area contributed by atoms with E-state index in [2.05, 4.69) is 15.6 Å². The number of alkyl halides is 3. The van der Waals surface area contributed by atoms with Gasteiger partial charge in [-0.25, -0.2) is 9.37 Å². The number of hydrogen-bond donors (Lipinski definition) is 2. The minimum absolute atomic E-state index is 0.0803. The van der Waals surface area contributed by atoms with Gasteiger partial charge in [0.05, 0.1) is 16.8 Å². The van der Waals surface area contributed by atoms with Crippen molar-refractivity contribution < 1.29 is 22.4 Å². The van der Waals surface area contributed by atoms with Crippen molar-refractivity contribution in [3.63, 3.8) is 0 Å². The van der Waals surface area contributed by atoms with Gasteiger partial charge in [0.2, 0.25) is 0 Å². The number of aromatic nitrogens is 1. The number of anilines is 3. The smallest absolute Gasteiger partial charge is 0.340 e. The SMILES string of the molecule is O=C(Nc1ccccc1C(F)(F)F)c1ccc(Nc2cccc(F)c2)nc1. The molecule has 0 aliphatic rings. The Bertz CT molecular complexity index is 956. The third kappa shape index (κ3) is 4.60. The van der Waals surface area contributed by atoms with E-state index >= 15 is 0 Å². The maximum Gasteiger partial charge on any atom is 0.418 e. The fraction of sp³-hybridized carbons (Fsp3) is 0.0526. The minimum atomic E-state index is -4.58. The van der Waals surface area contributed by atoms with Crippen LogP contribution in [0.3, 0.4) is 0 Å². The second-order valence-electron chi connectivity index (χ2n) is 5.56. The molecule has 8 heteroatoms. The number of para-hydroxylation sites is 1. The first-order valence-electron chi connectivity index (χ1n) is 7.79. The summed E-state index contributed by atoms with van der Waals surface area (Å²) in [4.78, 5) is 16.2. The molecular formula is C19H13F4N3O. The predicted octanol–water partition coefficient (Wildman–Crippen LogP) is 5.24. The summed E-state index contributed by atoms with van der Waals surface area (Å²) < 4.78 is 52.1. The van der Waals surface area contributed by atoms with Crippen LogP contribution in [0.4, 0.5) is 34.8 Å². The molecule has 0 saturated carbocycles. The van der Waals surface area contributed by atoms with Crippen LogP contribution in [0.15, 0.2) is 66.9 Å². The summed E-state index contributed by atoms with van der Waals surface area (Å²) in [6.45, 7) is 0. The molecule has 2 N–H and O–H groups in total. The summed E-state index contributed by atoms with van der Waals surface area (Å²) in [7, 11) is 0. The Balaban J connectivity index is 1.73. The minimum Gasteiger partial charge on any atom is -0.340 e. The quantitative estimate of drug-likeness (QED) is 0.614. The number of amides is 1. The molecule has 0 radical (unpaired) electrons. The topological polar surface area (TPSA) is 54.0 Å². The standard InChI is InChI=1S/C19H13F4N3O/c20-13-4-3-5-14(10-13)25-17-9-8-12(11-24-17)18(27)26-16-7-2-1-6-15(16)19(21,22)23/h1-11H,(H,24,25)(H,26,27). The molecule has 1 heterocycles. The van der Waals surface area contributed by atoms with Crippen molar-refractivity contribution in [2.75, 3.05) is 10.6 Å². The lowest BCUT2D eigenvalue weighted by Gasteiger charge is -2.13. The molecule has 0 aliphatic heterocycles. The molecule has 0 fully saturated rings. The summed E-state index contributed by atoms with van der Waals surface area (Å²) in [6.07, 6.45) is -3.37. The molecule has 3 rings (SSSR count). The van der Waals surface area contributed by atoms with Crippen molar-refractivity contribution in [3.05, 3.63) is 83.8 Å². The molecular weight excluding hydrogens is 362 g/mol. The van der Waals surface area contributed by atoms with Gasteiger partial charge in [-0.2, -0.15) is 13.2 Å². The van der Waals surface area contributed by atoms with E-state index in [1.807, 2.05) is 0 Å². The van der Waals surface area contributed by atoms with Crippen molar-refractivity contribution in [1.29, 1.82) is 0 Å². The normalized spacial score (nSPS) is 11.1. The maximum atomic E-state index is 13.2. The fourth-order valence-corrected chi connectivity index (χ4v) is 2.35. The van der Waals surface area contributed by atoms with Gasteiger partial charge in [0.1, 0.15) is 11.6 Å². The summed E-state index contributed by atoms with van der Waals surface area (Å²) in [5, 5.41) is 5.10. The average molecular weight is 375 g/mol. The molecule has 2 aromatic carbocycles. The summed E-state index contributed by atoms with van der Waals surface area (Å²) in [5.41, 5.74) is -0.719. The molecule has 138 valence electrons. The van der Waals surface area contributed by atoms with E-state index in [4.69, 9.17) is 0 Å². The molecule has 0 unspecified atom stereocenters. The highest BCUT2D eigenvalue weighted by molar-refractivity contribution is 6.04. The zero-order chi connectivity index (χ0) is 19.4. The van der Waals surface area contributed by atoms with Crippen molar-refractivity contribution >= 4 is 23.1 Å². The van der Waals surface area contributed by atoms with Crippen LogP contribution >= 0.6 is 0 Å². The van der Waals surface area contributed by atoms with Crippen LogP contribution in [0.5, 0.6) is 0 Å². The van der Waals surface area contributed by atoms with E-state index in [1.165, 1.54) is 54.7 Å². The summed E-state index contributed by atoms with van der Waals surface area (Å²) in [6, 6.07) is 13.3. The van der Waals surface area contributed by atoms with E-state index in [0.29, 0.717) is 11.5 Å². The first-order valence-corrected chi connectivity index (χ1v) is 7.79. The lowest BCUT2D eigenvalue weighted by molar-refractivity contribution is -0.136. The summed E-state index contributed by atoms with van der Waals surface area (Å²) in [5.74, 6) is -0.788. The molecule has 1 amide bonds. The number of hydrogen-bond acceptors (Lipinski definition) is 3. The number of benzene rings is 2. The lowest BCUT2D eigenvalue weighted by Crippen LogP contribution is -2.16. The van der Waals surface area contributed by atoms with E-state index in [0.717, 1.165) is 6.07 Å². The van der Waals surface area contributed by atoms with Crippen LogP contribution in [0.1, 0.15) is 15.9 Å². The first-order chi connectivity index (χ1) is 12.8. The monoisotopic (exact) mass is 375 g/mol. The highest BCUT2D eigenvalue weighted by Crippen LogP contribution is 2.34. The lowest BCUT2D eigenvalue weighted by atomic mass is 10.1. The molecule has 1 aromatic heterocycles. The van der Waals surface area contributed by atoms with Crippen LogP contribution in [0, 0.1) is 5.82 Å². The van der Waals surface area contributed by atoms with Crippen molar-refractivity contribution in [2.45, 2.75) is 6.18 Å². The molecule has 0 spiro atoms. The molecule has 27 heavy (non-hydrogen) atoms. The fourth-order valence-electron chi connectivity index (χ4n) is 2.35. The van der Waals surface area contributed by atoms with Crippen LogP contribution in [-0.4, -0.2) is 10.9 Å². The Hall–Kier alpha value is -3.42. The second kappa shape index (κ2) is 7.45. The first kappa shape index (κ1) is 18.4. The van der Waals surface area contributed by atoms with Gasteiger partial charge in [0.25, 0.3) is 5.91 Å². The Labute approximate surface area is 151 Å². The number of rotatable bonds is 4. The molecule has 0 saturated heterocycles. The van der Waals surface area contributed by atoms with E-state index < -0.39 is 23.5 Å². The number of nitrogens with one attached hydrogen (secondary N) is 2. The van der Waals surface area contributed by atoms with Gasteiger partial charge in [-0.1, -0.05) is 18.2 Å². The molecule has 0 bridgehead atoms. The summed E-state index contributed by atoms with van der Waals surface area (Å²) >= 11 is 0. The maximum absolute atomic E-state index is 13.2. The van der Waals surface area contributed by atoms with Gasteiger partial charge >= 0.3 is 6.18 Å². The second-order valence-corrected chi connectivity index (χ2v) is 5.56. The number of halogens is 4. The van der Waals surface area contributed by atoms with Crippen molar-refractivity contribution in [3.8, 4) is 0 Å². The van der Waals surface area contributed by atoms with Crippen LogP contribution in [0.25, 0.3) is 0 Å². The molecule has 3 aromatic rings. The molecule has 0 atom stereocenters. The van der Waals surface area contributed by atoms with E-state index in [1.54, 1.807) is 6.07 Å².